The van der Waals surface area contributed by atoms with Crippen molar-refractivity contribution in [2.24, 2.45) is 0 Å². The highest BCUT2D eigenvalue weighted by Gasteiger charge is 2.30. The zero-order chi connectivity index (χ0) is 24.2. The second kappa shape index (κ2) is 10.2. The smallest absolute Gasteiger partial charge is 0.270 e. The predicted molar refractivity (Wildman–Crippen MR) is 129 cm³/mol. The van der Waals surface area contributed by atoms with Gasteiger partial charge in [0, 0.05) is 5.69 Å². The van der Waals surface area contributed by atoms with E-state index < -0.39 is 11.6 Å². The molecule has 0 unspecified atom stereocenters. The fraction of sp³-hybridized carbons (Fsp3) is 0.214. The molecule has 1 saturated carbocycles. The van der Waals surface area contributed by atoms with E-state index in [9.17, 15) is 13.6 Å². The molecule has 2 atom stereocenters. The van der Waals surface area contributed by atoms with Crippen molar-refractivity contribution in [3.05, 3.63) is 108 Å². The van der Waals surface area contributed by atoms with E-state index >= 15 is 0 Å². The molecule has 5 nitrogen and oxygen atoms in total. The van der Waals surface area contributed by atoms with Gasteiger partial charge in [-0.05, 0) is 60.2 Å². The van der Waals surface area contributed by atoms with E-state index in [1.807, 2.05) is 42.5 Å². The van der Waals surface area contributed by atoms with E-state index in [-0.39, 0.29) is 18.1 Å². The number of hydrogen-bond donors (Lipinski definition) is 1. The minimum Gasteiger partial charge on any atom is -0.371 e. The number of carbonyl (C=O) groups excluding carboxylic acids is 1. The van der Waals surface area contributed by atoms with Gasteiger partial charge in [-0.3, -0.25) is 9.36 Å². The van der Waals surface area contributed by atoms with Crippen molar-refractivity contribution in [2.45, 2.75) is 38.0 Å². The van der Waals surface area contributed by atoms with Crippen molar-refractivity contribution in [2.75, 3.05) is 0 Å². The Morgan fingerprint density at radius 2 is 1.74 bits per heavy atom. The number of amides is 1. The van der Waals surface area contributed by atoms with Gasteiger partial charge in [0.25, 0.3) is 5.91 Å². The van der Waals surface area contributed by atoms with Crippen LogP contribution in [-0.2, 0) is 11.3 Å². The third kappa shape index (κ3) is 5.15. The van der Waals surface area contributed by atoms with Gasteiger partial charge in [-0.2, -0.15) is 0 Å². The number of ether oxygens (including phenoxy) is 1. The molecule has 7 heteroatoms. The standard InChI is InChI=1S/C28H25F2N3O2/c29-23-14-11-21(15-24(23)30)20-9-12-22(13-10-20)33-18-31-16-26(33)28(34)32-25-7-4-8-27(25)35-17-19-5-2-1-3-6-19/h1-3,5-6,9-16,18,25,27H,4,7-8,17H2,(H,32,34)/t25-,27-/m0/s1. The van der Waals surface area contributed by atoms with Gasteiger partial charge >= 0.3 is 0 Å². The summed E-state index contributed by atoms with van der Waals surface area (Å²) >= 11 is 0. The van der Waals surface area contributed by atoms with Gasteiger partial charge in [0.15, 0.2) is 11.6 Å². The van der Waals surface area contributed by atoms with Crippen LogP contribution in [-0.4, -0.2) is 27.6 Å². The summed E-state index contributed by atoms with van der Waals surface area (Å²) in [7, 11) is 0. The summed E-state index contributed by atoms with van der Waals surface area (Å²) in [5, 5.41) is 3.12. The van der Waals surface area contributed by atoms with Crippen LogP contribution >= 0.6 is 0 Å². The maximum Gasteiger partial charge on any atom is 0.270 e. The summed E-state index contributed by atoms with van der Waals surface area (Å²) in [6.07, 6.45) is 5.85. The Bertz CT molecular complexity index is 1310. The second-order valence-corrected chi connectivity index (χ2v) is 8.67. The van der Waals surface area contributed by atoms with E-state index in [0.717, 1.165) is 48.2 Å². The Labute approximate surface area is 202 Å². The molecule has 35 heavy (non-hydrogen) atoms. The van der Waals surface area contributed by atoms with Crippen LogP contribution in [0.2, 0.25) is 0 Å². The van der Waals surface area contributed by atoms with Crippen molar-refractivity contribution in [3.8, 4) is 16.8 Å². The molecule has 1 aliphatic carbocycles. The van der Waals surface area contributed by atoms with Gasteiger partial charge < -0.3 is 10.1 Å². The first kappa shape index (κ1) is 22.9. The van der Waals surface area contributed by atoms with Crippen LogP contribution in [0, 0.1) is 11.6 Å². The number of nitrogens with one attached hydrogen (secondary N) is 1. The van der Waals surface area contributed by atoms with Crippen molar-refractivity contribution in [3.63, 3.8) is 0 Å². The lowest BCUT2D eigenvalue weighted by molar-refractivity contribution is 0.0271. The SMILES string of the molecule is O=C(N[C@H]1CCC[C@@H]1OCc1ccccc1)c1cncn1-c1ccc(-c2ccc(F)c(F)c2)cc1. The maximum atomic E-state index is 13.6. The van der Waals surface area contributed by atoms with E-state index in [4.69, 9.17) is 4.74 Å². The third-order valence-corrected chi connectivity index (χ3v) is 6.35. The monoisotopic (exact) mass is 473 g/mol. The van der Waals surface area contributed by atoms with E-state index in [1.54, 1.807) is 23.0 Å². The maximum absolute atomic E-state index is 13.6. The fourth-order valence-corrected chi connectivity index (χ4v) is 4.47. The summed E-state index contributed by atoms with van der Waals surface area (Å²) < 4.78 is 34.7. The first-order valence-corrected chi connectivity index (χ1v) is 11.6. The second-order valence-electron chi connectivity index (χ2n) is 8.67. The highest BCUT2D eigenvalue weighted by Crippen LogP contribution is 2.25. The number of carbonyl (C=O) groups is 1. The van der Waals surface area contributed by atoms with Crippen LogP contribution in [0.4, 0.5) is 8.78 Å². The zero-order valence-electron chi connectivity index (χ0n) is 19.0. The van der Waals surface area contributed by atoms with Crippen LogP contribution in [0.3, 0.4) is 0 Å². The lowest BCUT2D eigenvalue weighted by Crippen LogP contribution is -2.41. The molecule has 0 bridgehead atoms. The summed E-state index contributed by atoms with van der Waals surface area (Å²) in [5.41, 5.74) is 3.57. The Balaban J connectivity index is 1.27. The van der Waals surface area contributed by atoms with Crippen molar-refractivity contribution in [1.82, 2.24) is 14.9 Å². The van der Waals surface area contributed by atoms with E-state index in [0.29, 0.717) is 17.9 Å². The molecule has 4 aromatic rings. The first-order valence-electron chi connectivity index (χ1n) is 11.6. The lowest BCUT2D eigenvalue weighted by atomic mass is 10.1. The highest BCUT2D eigenvalue weighted by atomic mass is 19.2. The minimum atomic E-state index is -0.891. The Morgan fingerprint density at radius 3 is 2.51 bits per heavy atom. The molecule has 0 spiro atoms. The number of hydrogen-bond acceptors (Lipinski definition) is 3. The molecule has 0 radical (unpaired) electrons. The van der Waals surface area contributed by atoms with Crippen LogP contribution in [0.15, 0.2) is 85.3 Å². The molecular formula is C28H25F2N3O2. The Kier molecular flexibility index (Phi) is 6.68. The molecule has 1 amide bonds. The van der Waals surface area contributed by atoms with E-state index in [2.05, 4.69) is 10.3 Å². The van der Waals surface area contributed by atoms with Crippen LogP contribution in [0.1, 0.15) is 35.3 Å². The van der Waals surface area contributed by atoms with E-state index in [1.165, 1.54) is 12.3 Å². The quantitative estimate of drug-likeness (QED) is 0.375. The topological polar surface area (TPSA) is 56.1 Å². The number of aromatic nitrogens is 2. The largest absolute Gasteiger partial charge is 0.371 e. The van der Waals surface area contributed by atoms with Gasteiger partial charge in [-0.15, -0.1) is 0 Å². The molecule has 0 aliphatic heterocycles. The molecule has 1 aliphatic rings. The first-order chi connectivity index (χ1) is 17.1. The van der Waals surface area contributed by atoms with Crippen LogP contribution < -0.4 is 5.32 Å². The fourth-order valence-electron chi connectivity index (χ4n) is 4.47. The summed E-state index contributed by atoms with van der Waals surface area (Å²) in [6.45, 7) is 0.514. The molecule has 178 valence electrons. The van der Waals surface area contributed by atoms with Crippen LogP contribution in [0.25, 0.3) is 16.8 Å². The zero-order valence-corrected chi connectivity index (χ0v) is 19.0. The molecular weight excluding hydrogens is 448 g/mol. The number of imidazole rings is 1. The van der Waals surface area contributed by atoms with Gasteiger partial charge in [0.05, 0.1) is 31.3 Å². The molecule has 1 fully saturated rings. The number of halogens is 2. The molecule has 3 aromatic carbocycles. The van der Waals surface area contributed by atoms with Gasteiger partial charge in [0.2, 0.25) is 0 Å². The van der Waals surface area contributed by atoms with Crippen LogP contribution in [0.5, 0.6) is 0 Å². The molecule has 1 heterocycles. The minimum absolute atomic E-state index is 0.0362. The molecule has 0 saturated heterocycles. The summed E-state index contributed by atoms with van der Waals surface area (Å²) in [5.74, 6) is -1.99. The van der Waals surface area contributed by atoms with Gasteiger partial charge in [-0.25, -0.2) is 13.8 Å². The van der Waals surface area contributed by atoms with Crippen molar-refractivity contribution < 1.29 is 18.3 Å². The molecule has 1 N–H and O–H groups in total. The van der Waals surface area contributed by atoms with Gasteiger partial charge in [-0.1, -0.05) is 48.5 Å². The normalized spacial score (nSPS) is 17.4. The summed E-state index contributed by atoms with van der Waals surface area (Å²) in [4.78, 5) is 17.3. The molecule has 1 aromatic heterocycles. The third-order valence-electron chi connectivity index (χ3n) is 6.35. The number of rotatable bonds is 7. The Morgan fingerprint density at radius 1 is 0.971 bits per heavy atom. The van der Waals surface area contributed by atoms with Gasteiger partial charge in [0.1, 0.15) is 5.69 Å². The lowest BCUT2D eigenvalue weighted by Gasteiger charge is -2.22. The number of nitrogens with zero attached hydrogens (tertiary/aromatic N) is 2. The average Bonchev–Trinajstić information content (AvgIpc) is 3.55. The highest BCUT2D eigenvalue weighted by molar-refractivity contribution is 5.93. The Hall–Kier alpha value is -3.84. The number of benzene rings is 3. The predicted octanol–water partition coefficient (Wildman–Crippen LogP) is 5.69. The van der Waals surface area contributed by atoms with Crippen molar-refractivity contribution >= 4 is 5.91 Å². The average molecular weight is 474 g/mol. The molecule has 5 rings (SSSR count). The summed E-state index contributed by atoms with van der Waals surface area (Å²) in [6, 6.07) is 21.0. The van der Waals surface area contributed by atoms with Crippen molar-refractivity contribution in [1.29, 1.82) is 0 Å².